The summed E-state index contributed by atoms with van der Waals surface area (Å²) in [6, 6.07) is 12.7. The molecule has 2 rings (SSSR count). The number of hydrogen-bond acceptors (Lipinski definition) is 3. The zero-order valence-corrected chi connectivity index (χ0v) is 14.2. The van der Waals surface area contributed by atoms with Crippen LogP contribution in [0.15, 0.2) is 47.8 Å². The van der Waals surface area contributed by atoms with Crippen LogP contribution in [0.2, 0.25) is 0 Å². The van der Waals surface area contributed by atoms with E-state index in [4.69, 9.17) is 0 Å². The summed E-state index contributed by atoms with van der Waals surface area (Å²) in [6.07, 6.45) is 0. The summed E-state index contributed by atoms with van der Waals surface area (Å²) in [5.74, 6) is -0.295. The van der Waals surface area contributed by atoms with E-state index in [1.165, 1.54) is 4.88 Å². The smallest absolute Gasteiger partial charge is 0.321 e. The van der Waals surface area contributed by atoms with E-state index < -0.39 is 12.1 Å². The van der Waals surface area contributed by atoms with Gasteiger partial charge in [-0.25, -0.2) is 4.79 Å². The predicted octanol–water partition coefficient (Wildman–Crippen LogP) is 1.35. The number of hydrogen-bond donors (Lipinski definition) is 3. The van der Waals surface area contributed by atoms with Crippen LogP contribution in [0.25, 0.3) is 0 Å². The molecule has 0 saturated heterocycles. The number of nitrogens with one attached hydrogen (secondary N) is 3. The van der Waals surface area contributed by atoms with Crippen LogP contribution in [-0.4, -0.2) is 25.5 Å². The lowest BCUT2D eigenvalue weighted by molar-refractivity contribution is -0.915. The lowest BCUT2D eigenvalue weighted by Crippen LogP contribution is -3.09. The first-order valence-corrected chi connectivity index (χ1v) is 8.48. The van der Waals surface area contributed by atoms with Crippen LogP contribution in [0.4, 0.5) is 4.79 Å². The Morgan fingerprint density at radius 3 is 2.52 bits per heavy atom. The minimum absolute atomic E-state index is 0.295. The Bertz CT molecular complexity index is 629. The van der Waals surface area contributed by atoms with Crippen molar-refractivity contribution in [1.29, 1.82) is 0 Å². The Morgan fingerprint density at radius 1 is 1.17 bits per heavy atom. The van der Waals surface area contributed by atoms with Gasteiger partial charge in [-0.05, 0) is 18.4 Å². The summed E-state index contributed by atoms with van der Waals surface area (Å²) in [5.41, 5.74) is 0.892. The Kier molecular flexibility index (Phi) is 6.31. The molecule has 1 heterocycles. The normalized spacial score (nSPS) is 13.1. The van der Waals surface area contributed by atoms with Crippen LogP contribution in [0.5, 0.6) is 0 Å². The molecule has 0 saturated carbocycles. The zero-order valence-electron chi connectivity index (χ0n) is 13.3. The van der Waals surface area contributed by atoms with Gasteiger partial charge in [-0.2, -0.15) is 0 Å². The Hall–Kier alpha value is -2.18. The van der Waals surface area contributed by atoms with Crippen LogP contribution < -0.4 is 15.5 Å². The molecule has 2 atom stereocenters. The number of urea groups is 1. The molecule has 0 bridgehead atoms. The van der Waals surface area contributed by atoms with Gasteiger partial charge < -0.3 is 10.2 Å². The van der Waals surface area contributed by atoms with E-state index in [0.717, 1.165) is 17.0 Å². The second-order valence-corrected chi connectivity index (χ2v) is 6.33. The minimum atomic E-state index is -0.456. The lowest BCUT2D eigenvalue weighted by atomic mass is 10.0. The molecular formula is C17H22N3O2S+. The molecular weight excluding hydrogens is 310 g/mol. The molecule has 0 radical (unpaired) electrons. The van der Waals surface area contributed by atoms with E-state index >= 15 is 0 Å². The second-order valence-electron chi connectivity index (χ2n) is 5.29. The van der Waals surface area contributed by atoms with Gasteiger partial charge in [0.1, 0.15) is 6.54 Å². The standard InChI is InChI=1S/C17H21N3O2S/c1-3-18-17(22)19-16(21)15(13-8-5-4-6-9-13)20(2)12-14-10-7-11-23-14/h4-11,15H,3,12H2,1-2H3,(H2,18,19,21,22)/p+1/t15-/m1/s1. The van der Waals surface area contributed by atoms with Crippen molar-refractivity contribution in [2.75, 3.05) is 13.6 Å². The van der Waals surface area contributed by atoms with E-state index in [2.05, 4.69) is 16.7 Å². The maximum absolute atomic E-state index is 12.6. The van der Waals surface area contributed by atoms with E-state index in [9.17, 15) is 9.59 Å². The molecule has 1 aromatic carbocycles. The molecule has 6 heteroatoms. The molecule has 122 valence electrons. The van der Waals surface area contributed by atoms with Crippen molar-refractivity contribution < 1.29 is 14.5 Å². The number of amides is 3. The molecule has 3 N–H and O–H groups in total. The molecule has 1 unspecified atom stereocenters. The van der Waals surface area contributed by atoms with Crippen molar-refractivity contribution in [2.45, 2.75) is 19.5 Å². The molecule has 23 heavy (non-hydrogen) atoms. The summed E-state index contributed by atoms with van der Waals surface area (Å²) in [5, 5.41) is 7.05. The van der Waals surface area contributed by atoms with E-state index in [1.807, 2.05) is 55.7 Å². The van der Waals surface area contributed by atoms with Crippen molar-refractivity contribution in [3.05, 3.63) is 58.3 Å². The van der Waals surface area contributed by atoms with Crippen LogP contribution in [0.1, 0.15) is 23.4 Å². The molecule has 0 aliphatic carbocycles. The Morgan fingerprint density at radius 2 is 1.91 bits per heavy atom. The fourth-order valence-electron chi connectivity index (χ4n) is 2.48. The molecule has 5 nitrogen and oxygen atoms in total. The van der Waals surface area contributed by atoms with Gasteiger partial charge in [0, 0.05) is 12.1 Å². The van der Waals surface area contributed by atoms with E-state index in [-0.39, 0.29) is 5.91 Å². The van der Waals surface area contributed by atoms with Gasteiger partial charge in [-0.15, -0.1) is 11.3 Å². The highest BCUT2D eigenvalue weighted by atomic mass is 32.1. The summed E-state index contributed by atoms with van der Waals surface area (Å²) < 4.78 is 0. The molecule has 0 fully saturated rings. The van der Waals surface area contributed by atoms with Crippen LogP contribution in [0.3, 0.4) is 0 Å². The van der Waals surface area contributed by atoms with Gasteiger partial charge >= 0.3 is 6.03 Å². The number of thiophene rings is 1. The first-order chi connectivity index (χ1) is 11.1. The highest BCUT2D eigenvalue weighted by molar-refractivity contribution is 7.09. The maximum Gasteiger partial charge on any atom is 0.321 e. The average molecular weight is 332 g/mol. The molecule has 0 spiro atoms. The zero-order chi connectivity index (χ0) is 16.7. The third-order valence-corrected chi connectivity index (χ3v) is 4.37. The van der Waals surface area contributed by atoms with Crippen LogP contribution in [0, 0.1) is 0 Å². The van der Waals surface area contributed by atoms with Crippen molar-refractivity contribution in [2.24, 2.45) is 0 Å². The Balaban J connectivity index is 2.17. The number of imide groups is 1. The highest BCUT2D eigenvalue weighted by Crippen LogP contribution is 2.12. The van der Waals surface area contributed by atoms with Crippen LogP contribution >= 0.6 is 11.3 Å². The topological polar surface area (TPSA) is 62.6 Å². The quantitative estimate of drug-likeness (QED) is 0.748. The van der Waals surface area contributed by atoms with Gasteiger partial charge in [-0.3, -0.25) is 10.1 Å². The molecule has 3 amide bonds. The van der Waals surface area contributed by atoms with Gasteiger partial charge in [0.15, 0.2) is 6.04 Å². The van der Waals surface area contributed by atoms with Gasteiger partial charge in [0.25, 0.3) is 5.91 Å². The third-order valence-electron chi connectivity index (χ3n) is 3.50. The largest absolute Gasteiger partial charge is 0.338 e. The maximum atomic E-state index is 12.6. The molecule has 0 aliphatic heterocycles. The molecule has 1 aromatic heterocycles. The number of carbonyl (C=O) groups is 2. The predicted molar refractivity (Wildman–Crippen MR) is 91.3 cm³/mol. The molecule has 0 aliphatic rings. The monoisotopic (exact) mass is 332 g/mol. The van der Waals surface area contributed by atoms with Crippen molar-refractivity contribution >= 4 is 23.3 Å². The average Bonchev–Trinajstić information content (AvgIpc) is 3.01. The Labute approximate surface area is 140 Å². The first kappa shape index (κ1) is 17.2. The van der Waals surface area contributed by atoms with Crippen molar-refractivity contribution in [1.82, 2.24) is 10.6 Å². The van der Waals surface area contributed by atoms with Gasteiger partial charge in [-0.1, -0.05) is 36.4 Å². The number of quaternary nitrogens is 1. The van der Waals surface area contributed by atoms with Gasteiger partial charge in [0.2, 0.25) is 0 Å². The van der Waals surface area contributed by atoms with Crippen LogP contribution in [-0.2, 0) is 11.3 Å². The number of carbonyl (C=O) groups excluding carboxylic acids is 2. The number of likely N-dealkylation sites (N-methyl/N-ethyl adjacent to an activating group) is 1. The second kappa shape index (κ2) is 8.45. The fourth-order valence-corrected chi connectivity index (χ4v) is 3.28. The third kappa shape index (κ3) is 4.91. The SMILES string of the molecule is CCNC(=O)NC(=O)[C@@H](c1ccccc1)[NH+](C)Cc1cccs1. The summed E-state index contributed by atoms with van der Waals surface area (Å²) >= 11 is 1.67. The summed E-state index contributed by atoms with van der Waals surface area (Å²) in [6.45, 7) is 3.01. The first-order valence-electron chi connectivity index (χ1n) is 7.60. The fraction of sp³-hybridized carbons (Fsp3) is 0.294. The van der Waals surface area contributed by atoms with Crippen molar-refractivity contribution in [3.8, 4) is 0 Å². The lowest BCUT2D eigenvalue weighted by Gasteiger charge is -2.24. The number of rotatable bonds is 6. The minimum Gasteiger partial charge on any atom is -0.338 e. The molecule has 2 aromatic rings. The van der Waals surface area contributed by atoms with E-state index in [0.29, 0.717) is 6.54 Å². The number of benzene rings is 1. The van der Waals surface area contributed by atoms with Gasteiger partial charge in [0.05, 0.1) is 11.9 Å². The summed E-state index contributed by atoms with van der Waals surface area (Å²) in [4.78, 5) is 26.5. The summed E-state index contributed by atoms with van der Waals surface area (Å²) in [7, 11) is 1.97. The highest BCUT2D eigenvalue weighted by Gasteiger charge is 2.30. The van der Waals surface area contributed by atoms with E-state index in [1.54, 1.807) is 11.3 Å². The van der Waals surface area contributed by atoms with Crippen molar-refractivity contribution in [3.63, 3.8) is 0 Å².